The van der Waals surface area contributed by atoms with Crippen LogP contribution in [-0.2, 0) is 13.0 Å². The molecule has 2 heterocycles. The molecule has 1 fully saturated rings. The molecule has 0 radical (unpaired) electrons. The fraction of sp³-hybridized carbons (Fsp3) is 0.429. The SMILES string of the molecule is C=C(C)c1ccc(C2CCC(CC)CN2Cc2c(CC)cc(C)c3[nH]ccc23)cc1. The number of hydrogen-bond acceptors (Lipinski definition) is 1. The van der Waals surface area contributed by atoms with Gasteiger partial charge in [-0.05, 0) is 72.9 Å². The van der Waals surface area contributed by atoms with Gasteiger partial charge >= 0.3 is 0 Å². The van der Waals surface area contributed by atoms with Crippen molar-refractivity contribution in [1.82, 2.24) is 9.88 Å². The van der Waals surface area contributed by atoms with Crippen LogP contribution in [0.3, 0.4) is 0 Å². The van der Waals surface area contributed by atoms with Gasteiger partial charge in [-0.15, -0.1) is 0 Å². The van der Waals surface area contributed by atoms with Gasteiger partial charge in [-0.2, -0.15) is 0 Å². The van der Waals surface area contributed by atoms with E-state index in [1.807, 2.05) is 0 Å². The van der Waals surface area contributed by atoms with E-state index in [0.29, 0.717) is 6.04 Å². The monoisotopic (exact) mass is 400 g/mol. The number of likely N-dealkylation sites (tertiary alicyclic amines) is 1. The number of aromatic nitrogens is 1. The highest BCUT2D eigenvalue weighted by molar-refractivity contribution is 5.87. The summed E-state index contributed by atoms with van der Waals surface area (Å²) in [4.78, 5) is 6.22. The molecule has 0 spiro atoms. The lowest BCUT2D eigenvalue weighted by molar-refractivity contribution is 0.0978. The number of nitrogens with one attached hydrogen (secondary N) is 1. The van der Waals surface area contributed by atoms with Crippen LogP contribution < -0.4 is 0 Å². The first kappa shape index (κ1) is 20.9. The molecule has 1 saturated heterocycles. The summed E-state index contributed by atoms with van der Waals surface area (Å²) in [6.45, 7) is 15.3. The van der Waals surface area contributed by atoms with Crippen molar-refractivity contribution in [3.63, 3.8) is 0 Å². The van der Waals surface area contributed by atoms with Crippen LogP contribution in [0.2, 0.25) is 0 Å². The van der Waals surface area contributed by atoms with E-state index in [1.165, 1.54) is 64.5 Å². The molecule has 2 unspecified atom stereocenters. The van der Waals surface area contributed by atoms with Gasteiger partial charge < -0.3 is 4.98 Å². The van der Waals surface area contributed by atoms with Gasteiger partial charge in [0, 0.05) is 36.2 Å². The third kappa shape index (κ3) is 3.98. The Morgan fingerprint density at radius 2 is 1.90 bits per heavy atom. The van der Waals surface area contributed by atoms with Crippen LogP contribution in [0.5, 0.6) is 0 Å². The van der Waals surface area contributed by atoms with E-state index in [9.17, 15) is 0 Å². The lowest BCUT2D eigenvalue weighted by Crippen LogP contribution is -2.37. The van der Waals surface area contributed by atoms with E-state index in [1.54, 1.807) is 0 Å². The van der Waals surface area contributed by atoms with Gasteiger partial charge in [0.15, 0.2) is 0 Å². The van der Waals surface area contributed by atoms with Crippen molar-refractivity contribution in [2.45, 2.75) is 66.0 Å². The first-order chi connectivity index (χ1) is 14.5. The molecule has 2 aromatic carbocycles. The summed E-state index contributed by atoms with van der Waals surface area (Å²) in [6, 6.07) is 14.3. The van der Waals surface area contributed by atoms with Gasteiger partial charge in [0.25, 0.3) is 0 Å². The number of hydrogen-bond donors (Lipinski definition) is 1. The second-order valence-electron chi connectivity index (χ2n) is 9.15. The van der Waals surface area contributed by atoms with Crippen molar-refractivity contribution in [2.75, 3.05) is 6.54 Å². The molecule has 3 aromatic rings. The Labute approximate surface area is 182 Å². The third-order valence-electron chi connectivity index (χ3n) is 7.13. The van der Waals surface area contributed by atoms with Crippen molar-refractivity contribution >= 4 is 16.5 Å². The Bertz CT molecular complexity index is 1020. The number of piperidine rings is 1. The molecule has 2 heteroatoms. The number of fused-ring (bicyclic) bond motifs is 1. The van der Waals surface area contributed by atoms with Crippen LogP contribution in [-0.4, -0.2) is 16.4 Å². The predicted molar refractivity (Wildman–Crippen MR) is 130 cm³/mol. The van der Waals surface area contributed by atoms with Crippen LogP contribution in [0.4, 0.5) is 0 Å². The van der Waals surface area contributed by atoms with E-state index < -0.39 is 0 Å². The summed E-state index contributed by atoms with van der Waals surface area (Å²) in [5.41, 5.74) is 9.49. The quantitative estimate of drug-likeness (QED) is 0.455. The van der Waals surface area contributed by atoms with Gasteiger partial charge in [-0.1, -0.05) is 62.8 Å². The molecule has 158 valence electrons. The number of nitrogens with zero attached hydrogens (tertiary/aromatic N) is 1. The van der Waals surface area contributed by atoms with Crippen LogP contribution in [0.15, 0.2) is 49.2 Å². The second kappa shape index (κ2) is 8.81. The largest absolute Gasteiger partial charge is 0.361 e. The average Bonchev–Trinajstić information content (AvgIpc) is 3.26. The molecule has 0 saturated carbocycles. The summed E-state index contributed by atoms with van der Waals surface area (Å²) in [5, 5.41) is 1.40. The Kier molecular flexibility index (Phi) is 6.15. The molecular formula is C28H36N2. The first-order valence-corrected chi connectivity index (χ1v) is 11.6. The van der Waals surface area contributed by atoms with E-state index in [0.717, 1.165) is 24.5 Å². The van der Waals surface area contributed by atoms with E-state index in [4.69, 9.17) is 0 Å². The van der Waals surface area contributed by atoms with Gasteiger partial charge in [0.1, 0.15) is 0 Å². The fourth-order valence-electron chi connectivity index (χ4n) is 5.25. The van der Waals surface area contributed by atoms with Crippen molar-refractivity contribution in [3.8, 4) is 0 Å². The number of aryl methyl sites for hydroxylation is 2. The van der Waals surface area contributed by atoms with Gasteiger partial charge in [-0.3, -0.25) is 4.90 Å². The highest BCUT2D eigenvalue weighted by Gasteiger charge is 2.29. The summed E-state index contributed by atoms with van der Waals surface area (Å²) in [5.74, 6) is 0.799. The average molecular weight is 401 g/mol. The van der Waals surface area contributed by atoms with E-state index in [2.05, 4.69) is 86.8 Å². The number of allylic oxidation sites excluding steroid dienone is 1. The summed E-state index contributed by atoms with van der Waals surface area (Å²) >= 11 is 0. The minimum atomic E-state index is 0.493. The summed E-state index contributed by atoms with van der Waals surface area (Å²) < 4.78 is 0. The molecular weight excluding hydrogens is 364 g/mol. The van der Waals surface area contributed by atoms with Crippen molar-refractivity contribution < 1.29 is 0 Å². The van der Waals surface area contributed by atoms with Crippen molar-refractivity contribution in [2.24, 2.45) is 5.92 Å². The minimum Gasteiger partial charge on any atom is -0.361 e. The number of aromatic amines is 1. The summed E-state index contributed by atoms with van der Waals surface area (Å²) in [6.07, 6.45) is 7.02. The van der Waals surface area contributed by atoms with Crippen molar-refractivity contribution in [3.05, 3.63) is 77.0 Å². The third-order valence-corrected chi connectivity index (χ3v) is 7.13. The molecule has 1 aliphatic rings. The molecule has 4 rings (SSSR count). The van der Waals surface area contributed by atoms with Crippen LogP contribution in [0.25, 0.3) is 16.5 Å². The molecule has 0 bridgehead atoms. The highest BCUT2D eigenvalue weighted by Crippen LogP contribution is 2.37. The highest BCUT2D eigenvalue weighted by atomic mass is 15.2. The molecule has 1 N–H and O–H groups in total. The normalized spacial score (nSPS) is 20.0. The maximum absolute atomic E-state index is 4.10. The second-order valence-corrected chi connectivity index (χ2v) is 9.15. The molecule has 30 heavy (non-hydrogen) atoms. The smallest absolute Gasteiger partial charge is 0.0487 e. The first-order valence-electron chi connectivity index (χ1n) is 11.6. The maximum atomic E-state index is 4.10. The summed E-state index contributed by atoms with van der Waals surface area (Å²) in [7, 11) is 0. The topological polar surface area (TPSA) is 19.0 Å². The standard InChI is InChI=1S/C28H36N2/c1-6-21-8-13-27(24-11-9-23(10-12-24)19(3)4)30(17-21)18-26-22(7-2)16-20(5)28-25(26)14-15-29-28/h9-12,14-16,21,27,29H,3,6-8,13,17-18H2,1-2,4-5H3. The molecule has 0 aliphatic carbocycles. The predicted octanol–water partition coefficient (Wildman–Crippen LogP) is 7.44. The molecule has 1 aliphatic heterocycles. The van der Waals surface area contributed by atoms with Crippen LogP contribution in [0.1, 0.15) is 73.9 Å². The zero-order chi connectivity index (χ0) is 21.3. The van der Waals surface area contributed by atoms with Gasteiger partial charge in [-0.25, -0.2) is 0 Å². The maximum Gasteiger partial charge on any atom is 0.0487 e. The number of rotatable bonds is 6. The van der Waals surface area contributed by atoms with E-state index in [-0.39, 0.29) is 0 Å². The van der Waals surface area contributed by atoms with Gasteiger partial charge in [0.05, 0.1) is 0 Å². The van der Waals surface area contributed by atoms with E-state index >= 15 is 0 Å². The zero-order valence-corrected chi connectivity index (χ0v) is 19.1. The van der Waals surface area contributed by atoms with Gasteiger partial charge in [0.2, 0.25) is 0 Å². The Hall–Kier alpha value is -2.32. The number of benzene rings is 2. The van der Waals surface area contributed by atoms with Crippen molar-refractivity contribution in [1.29, 1.82) is 0 Å². The Balaban J connectivity index is 1.70. The number of H-pyrrole nitrogens is 1. The molecule has 0 amide bonds. The molecule has 2 nitrogen and oxygen atoms in total. The fourth-order valence-corrected chi connectivity index (χ4v) is 5.25. The lowest BCUT2D eigenvalue weighted by Gasteiger charge is -2.40. The Morgan fingerprint density at radius 1 is 1.13 bits per heavy atom. The van der Waals surface area contributed by atoms with Crippen LogP contribution >= 0.6 is 0 Å². The molecule has 1 aromatic heterocycles. The minimum absolute atomic E-state index is 0.493. The zero-order valence-electron chi connectivity index (χ0n) is 19.1. The van der Waals surface area contributed by atoms with Crippen LogP contribution in [0, 0.1) is 12.8 Å². The molecule has 2 atom stereocenters. The lowest BCUT2D eigenvalue weighted by atomic mass is 9.86. The Morgan fingerprint density at radius 3 is 2.57 bits per heavy atom.